The van der Waals surface area contributed by atoms with E-state index in [1.165, 1.54) is 11.4 Å². The van der Waals surface area contributed by atoms with E-state index < -0.39 is 35.4 Å². The molecule has 0 spiro atoms. The molecule has 1 aliphatic heterocycles. The average Bonchev–Trinajstić information content (AvgIpc) is 3.01. The average molecular weight is 333 g/mol. The van der Waals surface area contributed by atoms with Gasteiger partial charge in [-0.25, -0.2) is 4.79 Å². The summed E-state index contributed by atoms with van der Waals surface area (Å²) in [4.78, 5) is 36.3. The van der Waals surface area contributed by atoms with Crippen LogP contribution in [-0.2, 0) is 4.79 Å². The van der Waals surface area contributed by atoms with E-state index in [4.69, 9.17) is 4.42 Å². The minimum absolute atomic E-state index is 0.209. The first-order chi connectivity index (χ1) is 10.6. The van der Waals surface area contributed by atoms with E-state index in [0.29, 0.717) is 4.90 Å². The van der Waals surface area contributed by atoms with E-state index in [1.807, 2.05) is 0 Å². The topological polar surface area (TPSA) is 91.7 Å². The summed E-state index contributed by atoms with van der Waals surface area (Å²) >= 11 is 0. The van der Waals surface area contributed by atoms with Crippen LogP contribution in [0.4, 0.5) is 18.0 Å². The normalized spacial score (nSPS) is 21.7. The molecule has 2 N–H and O–H groups in total. The predicted molar refractivity (Wildman–Crippen MR) is 70.0 cm³/mol. The van der Waals surface area contributed by atoms with Crippen LogP contribution >= 0.6 is 0 Å². The van der Waals surface area contributed by atoms with Gasteiger partial charge in [-0.15, -0.1) is 0 Å². The van der Waals surface area contributed by atoms with Crippen LogP contribution in [0.15, 0.2) is 22.8 Å². The number of amides is 4. The van der Waals surface area contributed by atoms with Crippen LogP contribution in [0.25, 0.3) is 0 Å². The summed E-state index contributed by atoms with van der Waals surface area (Å²) in [5, 5.41) is 3.08. The Morgan fingerprint density at radius 3 is 2.57 bits per heavy atom. The van der Waals surface area contributed by atoms with Gasteiger partial charge in [-0.2, -0.15) is 13.2 Å². The Hall–Kier alpha value is -2.52. The highest BCUT2D eigenvalue weighted by atomic mass is 19.4. The summed E-state index contributed by atoms with van der Waals surface area (Å²) in [7, 11) is 0. The van der Waals surface area contributed by atoms with E-state index in [2.05, 4.69) is 0 Å². The summed E-state index contributed by atoms with van der Waals surface area (Å²) in [5.41, 5.74) is -3.51. The third kappa shape index (κ3) is 2.88. The Morgan fingerprint density at radius 2 is 2.09 bits per heavy atom. The van der Waals surface area contributed by atoms with Crippen molar-refractivity contribution in [3.8, 4) is 0 Å². The molecule has 0 saturated carbocycles. The van der Waals surface area contributed by atoms with Crippen molar-refractivity contribution in [2.24, 2.45) is 5.92 Å². The minimum atomic E-state index is -5.23. The van der Waals surface area contributed by atoms with E-state index in [-0.39, 0.29) is 12.5 Å². The fourth-order valence-corrected chi connectivity index (χ4v) is 2.09. The molecule has 126 valence electrons. The zero-order chi connectivity index (χ0) is 17.4. The molecule has 0 unspecified atom stereocenters. The molecule has 1 fully saturated rings. The maximum absolute atomic E-state index is 13.4. The molecule has 2 rings (SSSR count). The zero-order valence-electron chi connectivity index (χ0n) is 12.2. The van der Waals surface area contributed by atoms with Gasteiger partial charge in [0.2, 0.25) is 0 Å². The molecule has 1 saturated heterocycles. The van der Waals surface area contributed by atoms with Gasteiger partial charge >= 0.3 is 12.2 Å². The summed E-state index contributed by atoms with van der Waals surface area (Å²) in [6, 6.07) is 1.21. The molecule has 1 aromatic heterocycles. The molecule has 0 aliphatic carbocycles. The Labute approximate surface area is 128 Å². The minimum Gasteiger partial charge on any atom is -0.459 e. The molecular formula is C13H14F3N3O4. The van der Waals surface area contributed by atoms with E-state index >= 15 is 0 Å². The molecule has 1 aliphatic rings. The number of halogens is 3. The van der Waals surface area contributed by atoms with Crippen molar-refractivity contribution in [3.05, 3.63) is 24.2 Å². The highest BCUT2D eigenvalue weighted by molar-refractivity contribution is 6.10. The Bertz CT molecular complexity index is 627. The first-order valence-corrected chi connectivity index (χ1v) is 6.65. The molecule has 23 heavy (non-hydrogen) atoms. The largest absolute Gasteiger partial charge is 0.459 e. The number of furan rings is 1. The highest BCUT2D eigenvalue weighted by Gasteiger charge is 2.68. The molecule has 0 bridgehead atoms. The quantitative estimate of drug-likeness (QED) is 0.817. The standard InChI is InChI=1S/C13H14F3N3O4/c1-7(2)6-19-10(21)12(13(14,15)16,18-11(19)22)17-9(20)8-4-3-5-23-8/h3-5,7H,6H2,1-2H3,(H,17,20)(H,18,22)/t12-/m1/s1. The summed E-state index contributed by atoms with van der Waals surface area (Å²) in [5.74, 6) is -3.51. The molecular weight excluding hydrogens is 319 g/mol. The molecule has 1 atom stereocenters. The van der Waals surface area contributed by atoms with Gasteiger partial charge in [-0.05, 0) is 18.1 Å². The molecule has 10 heteroatoms. The number of imide groups is 1. The summed E-state index contributed by atoms with van der Waals surface area (Å²) in [6.45, 7) is 3.06. The Kier molecular flexibility index (Phi) is 4.10. The van der Waals surface area contributed by atoms with Crippen molar-refractivity contribution in [2.45, 2.75) is 25.7 Å². The Morgan fingerprint density at radius 1 is 1.43 bits per heavy atom. The lowest BCUT2D eigenvalue weighted by atomic mass is 10.1. The van der Waals surface area contributed by atoms with Gasteiger partial charge in [-0.3, -0.25) is 19.8 Å². The monoisotopic (exact) mass is 333 g/mol. The first kappa shape index (κ1) is 16.8. The lowest BCUT2D eigenvalue weighted by molar-refractivity contribution is -0.200. The lowest BCUT2D eigenvalue weighted by Crippen LogP contribution is -2.69. The lowest BCUT2D eigenvalue weighted by Gasteiger charge is -2.29. The number of hydrogen-bond donors (Lipinski definition) is 2. The van der Waals surface area contributed by atoms with E-state index in [1.54, 1.807) is 19.2 Å². The second-order valence-electron chi connectivity index (χ2n) is 5.42. The second kappa shape index (κ2) is 5.60. The van der Waals surface area contributed by atoms with Gasteiger partial charge in [0.1, 0.15) is 0 Å². The summed E-state index contributed by atoms with van der Waals surface area (Å²) in [6.07, 6.45) is -4.14. The van der Waals surface area contributed by atoms with Crippen molar-refractivity contribution in [2.75, 3.05) is 6.54 Å². The number of nitrogens with zero attached hydrogens (tertiary/aromatic N) is 1. The van der Waals surface area contributed by atoms with Gasteiger partial charge < -0.3 is 9.73 Å². The van der Waals surface area contributed by atoms with Crippen LogP contribution in [0.2, 0.25) is 0 Å². The van der Waals surface area contributed by atoms with Gasteiger partial charge in [0.15, 0.2) is 5.76 Å². The van der Waals surface area contributed by atoms with Crippen LogP contribution in [0, 0.1) is 5.92 Å². The van der Waals surface area contributed by atoms with E-state index in [9.17, 15) is 27.6 Å². The summed E-state index contributed by atoms with van der Waals surface area (Å²) < 4.78 is 45.0. The van der Waals surface area contributed by atoms with Gasteiger partial charge in [0.05, 0.1) is 6.26 Å². The third-order valence-corrected chi connectivity index (χ3v) is 3.12. The Balaban J connectivity index is 2.36. The van der Waals surface area contributed by atoms with Crippen molar-refractivity contribution in [1.29, 1.82) is 0 Å². The maximum Gasteiger partial charge on any atom is 0.440 e. The third-order valence-electron chi connectivity index (χ3n) is 3.12. The number of rotatable bonds is 4. The number of nitrogens with one attached hydrogen (secondary N) is 2. The molecule has 7 nitrogen and oxygen atoms in total. The molecule has 0 aromatic carbocycles. The molecule has 1 aromatic rings. The number of urea groups is 1. The highest BCUT2D eigenvalue weighted by Crippen LogP contribution is 2.34. The van der Waals surface area contributed by atoms with Gasteiger partial charge in [0.25, 0.3) is 17.5 Å². The predicted octanol–water partition coefficient (Wildman–Crippen LogP) is 1.48. The fourth-order valence-electron chi connectivity index (χ4n) is 2.09. The van der Waals surface area contributed by atoms with Gasteiger partial charge in [0, 0.05) is 6.54 Å². The van der Waals surface area contributed by atoms with Crippen LogP contribution < -0.4 is 10.6 Å². The van der Waals surface area contributed by atoms with Crippen LogP contribution in [0.1, 0.15) is 24.4 Å². The SMILES string of the molecule is CC(C)CN1C(=O)N[C@@](NC(=O)c2ccco2)(C(F)(F)F)C1=O. The number of carbonyl (C=O) groups is 3. The van der Waals surface area contributed by atoms with E-state index in [0.717, 1.165) is 12.3 Å². The van der Waals surface area contributed by atoms with Gasteiger partial charge in [-0.1, -0.05) is 13.8 Å². The van der Waals surface area contributed by atoms with Crippen molar-refractivity contribution >= 4 is 17.8 Å². The van der Waals surface area contributed by atoms with Crippen molar-refractivity contribution in [1.82, 2.24) is 15.5 Å². The molecule has 0 radical (unpaired) electrons. The number of alkyl halides is 3. The molecule has 2 heterocycles. The van der Waals surface area contributed by atoms with Crippen molar-refractivity contribution < 1.29 is 32.0 Å². The first-order valence-electron chi connectivity index (χ1n) is 6.65. The fraction of sp³-hybridized carbons (Fsp3) is 0.462. The van der Waals surface area contributed by atoms with Crippen LogP contribution in [0.3, 0.4) is 0 Å². The second-order valence-corrected chi connectivity index (χ2v) is 5.42. The number of carbonyl (C=O) groups excluding carboxylic acids is 3. The van der Waals surface area contributed by atoms with Crippen LogP contribution in [-0.4, -0.2) is 41.1 Å². The smallest absolute Gasteiger partial charge is 0.440 e. The maximum atomic E-state index is 13.4. The number of hydrogen-bond acceptors (Lipinski definition) is 4. The van der Waals surface area contributed by atoms with Crippen LogP contribution in [0.5, 0.6) is 0 Å². The molecule has 4 amide bonds. The van der Waals surface area contributed by atoms with Crippen molar-refractivity contribution in [3.63, 3.8) is 0 Å². The zero-order valence-corrected chi connectivity index (χ0v) is 12.2.